The van der Waals surface area contributed by atoms with E-state index in [0.29, 0.717) is 11.5 Å². The lowest BCUT2D eigenvalue weighted by atomic mass is 10.5. The van der Waals surface area contributed by atoms with Gasteiger partial charge in [0.25, 0.3) is 0 Å². The van der Waals surface area contributed by atoms with Crippen molar-refractivity contribution < 1.29 is 4.79 Å². The van der Waals surface area contributed by atoms with Gasteiger partial charge in [-0.15, -0.1) is 0 Å². The second-order valence-corrected chi connectivity index (χ2v) is 2.37. The van der Waals surface area contributed by atoms with Gasteiger partial charge >= 0.3 is 0 Å². The third kappa shape index (κ3) is 3.90. The van der Waals surface area contributed by atoms with Crippen molar-refractivity contribution in [2.24, 2.45) is 5.73 Å². The fourth-order valence-electron chi connectivity index (χ4n) is 0.345. The number of nitrogens with two attached hydrogens (primary N) is 1. The predicted molar refractivity (Wildman–Crippen MR) is 40.1 cm³/mol. The zero-order valence-electron chi connectivity index (χ0n) is 5.55. The van der Waals surface area contributed by atoms with E-state index in [1.54, 1.807) is 7.05 Å². The monoisotopic (exact) mass is 146 g/mol. The number of thiocarbonyl (C=S) groups is 1. The molecule has 1 amide bonds. The van der Waals surface area contributed by atoms with Crippen molar-refractivity contribution in [1.29, 1.82) is 0 Å². The van der Waals surface area contributed by atoms with Crippen molar-refractivity contribution in [3.05, 3.63) is 0 Å². The van der Waals surface area contributed by atoms with Gasteiger partial charge in [0.1, 0.15) is 0 Å². The molecule has 0 heterocycles. The summed E-state index contributed by atoms with van der Waals surface area (Å²) < 4.78 is 0. The SMILES string of the molecule is CC(=O)N(C)CC(N)=S. The smallest absolute Gasteiger partial charge is 0.219 e. The molecule has 0 saturated carbocycles. The van der Waals surface area contributed by atoms with Crippen LogP contribution in [0.3, 0.4) is 0 Å². The summed E-state index contributed by atoms with van der Waals surface area (Å²) in [7, 11) is 1.65. The number of rotatable bonds is 2. The molecule has 0 aromatic rings. The fraction of sp³-hybridized carbons (Fsp3) is 0.600. The van der Waals surface area contributed by atoms with Crippen LogP contribution >= 0.6 is 12.2 Å². The van der Waals surface area contributed by atoms with Crippen LogP contribution in [0.1, 0.15) is 6.92 Å². The van der Waals surface area contributed by atoms with Crippen LogP contribution in [-0.4, -0.2) is 29.4 Å². The zero-order valence-corrected chi connectivity index (χ0v) is 6.36. The van der Waals surface area contributed by atoms with Gasteiger partial charge in [0, 0.05) is 14.0 Å². The topological polar surface area (TPSA) is 46.3 Å². The summed E-state index contributed by atoms with van der Waals surface area (Å²) in [6.07, 6.45) is 0. The number of amides is 1. The van der Waals surface area contributed by atoms with Gasteiger partial charge < -0.3 is 10.6 Å². The molecule has 0 unspecified atom stereocenters. The second kappa shape index (κ2) is 3.40. The summed E-state index contributed by atoms with van der Waals surface area (Å²) in [5.74, 6) is -0.0252. The number of nitrogens with zero attached hydrogens (tertiary/aromatic N) is 1. The normalized spacial score (nSPS) is 8.67. The Morgan fingerprint density at radius 1 is 1.78 bits per heavy atom. The first kappa shape index (κ1) is 8.36. The van der Waals surface area contributed by atoms with E-state index >= 15 is 0 Å². The molecule has 52 valence electrons. The average molecular weight is 146 g/mol. The van der Waals surface area contributed by atoms with Gasteiger partial charge in [0.2, 0.25) is 5.91 Å². The maximum absolute atomic E-state index is 10.5. The Morgan fingerprint density at radius 2 is 2.22 bits per heavy atom. The third-order valence-corrected chi connectivity index (χ3v) is 1.06. The standard InChI is InChI=1S/C5H10N2OS/c1-4(8)7(2)3-5(6)9/h3H2,1-2H3,(H2,6,9). The molecule has 0 radical (unpaired) electrons. The molecule has 0 aliphatic carbocycles. The molecular formula is C5H10N2OS. The molecule has 0 aliphatic rings. The second-order valence-electron chi connectivity index (χ2n) is 1.84. The third-order valence-electron chi connectivity index (χ3n) is 0.931. The first-order chi connectivity index (χ1) is 4.04. The van der Waals surface area contributed by atoms with Crippen molar-refractivity contribution >= 4 is 23.1 Å². The first-order valence-electron chi connectivity index (χ1n) is 2.54. The summed E-state index contributed by atoms with van der Waals surface area (Å²) in [4.78, 5) is 12.3. The Morgan fingerprint density at radius 3 is 2.33 bits per heavy atom. The average Bonchev–Trinajstić information content (AvgIpc) is 1.63. The highest BCUT2D eigenvalue weighted by Gasteiger charge is 2.00. The number of carbonyl (C=O) groups is 1. The molecule has 0 atom stereocenters. The highest BCUT2D eigenvalue weighted by atomic mass is 32.1. The predicted octanol–water partition coefficient (Wildman–Crippen LogP) is -0.249. The molecule has 0 aromatic heterocycles. The molecule has 0 aromatic carbocycles. The largest absolute Gasteiger partial charge is 0.392 e. The van der Waals surface area contributed by atoms with E-state index in [9.17, 15) is 4.79 Å². The van der Waals surface area contributed by atoms with E-state index in [-0.39, 0.29) is 5.91 Å². The minimum absolute atomic E-state index is 0.0252. The Kier molecular flexibility index (Phi) is 3.16. The van der Waals surface area contributed by atoms with Crippen LogP contribution in [0, 0.1) is 0 Å². The van der Waals surface area contributed by atoms with E-state index in [2.05, 4.69) is 12.2 Å². The molecular weight excluding hydrogens is 136 g/mol. The van der Waals surface area contributed by atoms with Crippen molar-refractivity contribution in [3.63, 3.8) is 0 Å². The van der Waals surface area contributed by atoms with Gasteiger partial charge in [-0.2, -0.15) is 0 Å². The molecule has 0 spiro atoms. The minimum atomic E-state index is -0.0252. The molecule has 9 heavy (non-hydrogen) atoms. The van der Waals surface area contributed by atoms with Crippen LogP contribution in [0.5, 0.6) is 0 Å². The number of hydrogen-bond acceptors (Lipinski definition) is 2. The lowest BCUT2D eigenvalue weighted by Gasteiger charge is -2.12. The Balaban J connectivity index is 3.63. The van der Waals surface area contributed by atoms with Crippen LogP contribution in [0.15, 0.2) is 0 Å². The molecule has 0 rings (SSSR count). The maximum atomic E-state index is 10.5. The Hall–Kier alpha value is -0.640. The molecule has 4 heteroatoms. The van der Waals surface area contributed by atoms with Gasteiger partial charge in [-0.05, 0) is 0 Å². The van der Waals surface area contributed by atoms with Crippen LogP contribution in [0.2, 0.25) is 0 Å². The quantitative estimate of drug-likeness (QED) is 0.546. The zero-order chi connectivity index (χ0) is 7.44. The van der Waals surface area contributed by atoms with E-state index in [4.69, 9.17) is 5.73 Å². The van der Waals surface area contributed by atoms with Gasteiger partial charge in [-0.1, -0.05) is 12.2 Å². The molecule has 3 nitrogen and oxygen atoms in total. The van der Waals surface area contributed by atoms with Crippen molar-refractivity contribution in [1.82, 2.24) is 4.90 Å². The van der Waals surface area contributed by atoms with Gasteiger partial charge in [-0.25, -0.2) is 0 Å². The van der Waals surface area contributed by atoms with Crippen LogP contribution in [0.25, 0.3) is 0 Å². The summed E-state index contributed by atoms with van der Waals surface area (Å²) in [5.41, 5.74) is 5.17. The van der Waals surface area contributed by atoms with Crippen LogP contribution in [0.4, 0.5) is 0 Å². The number of carbonyl (C=O) groups excluding carboxylic acids is 1. The van der Waals surface area contributed by atoms with Gasteiger partial charge in [0.15, 0.2) is 0 Å². The van der Waals surface area contributed by atoms with Crippen LogP contribution in [-0.2, 0) is 4.79 Å². The van der Waals surface area contributed by atoms with E-state index in [0.717, 1.165) is 0 Å². The van der Waals surface area contributed by atoms with Crippen molar-refractivity contribution in [2.45, 2.75) is 6.92 Å². The number of likely N-dealkylation sites (N-methyl/N-ethyl adjacent to an activating group) is 1. The Labute approximate surface area is 59.8 Å². The van der Waals surface area contributed by atoms with Crippen LogP contribution < -0.4 is 5.73 Å². The molecule has 0 saturated heterocycles. The van der Waals surface area contributed by atoms with Gasteiger partial charge in [0.05, 0.1) is 11.5 Å². The summed E-state index contributed by atoms with van der Waals surface area (Å²) >= 11 is 4.57. The first-order valence-corrected chi connectivity index (χ1v) is 2.95. The van der Waals surface area contributed by atoms with E-state index in [1.165, 1.54) is 11.8 Å². The lowest BCUT2D eigenvalue weighted by Crippen LogP contribution is -2.32. The van der Waals surface area contributed by atoms with Crippen molar-refractivity contribution in [3.8, 4) is 0 Å². The molecule has 2 N–H and O–H groups in total. The van der Waals surface area contributed by atoms with Gasteiger partial charge in [-0.3, -0.25) is 4.79 Å². The summed E-state index contributed by atoms with van der Waals surface area (Å²) in [6, 6.07) is 0. The van der Waals surface area contributed by atoms with E-state index < -0.39 is 0 Å². The maximum Gasteiger partial charge on any atom is 0.219 e. The lowest BCUT2D eigenvalue weighted by molar-refractivity contribution is -0.126. The fourth-order valence-corrected chi connectivity index (χ4v) is 0.539. The van der Waals surface area contributed by atoms with Crippen molar-refractivity contribution in [2.75, 3.05) is 13.6 Å². The number of hydrogen-bond donors (Lipinski definition) is 1. The Bertz CT molecular complexity index is 135. The van der Waals surface area contributed by atoms with E-state index in [1.807, 2.05) is 0 Å². The summed E-state index contributed by atoms with van der Waals surface area (Å²) in [5, 5.41) is 0. The minimum Gasteiger partial charge on any atom is -0.392 e. The highest BCUT2D eigenvalue weighted by Crippen LogP contribution is 1.81. The highest BCUT2D eigenvalue weighted by molar-refractivity contribution is 7.80. The molecule has 0 bridgehead atoms. The summed E-state index contributed by atoms with van der Waals surface area (Å²) in [6.45, 7) is 1.84. The molecule has 0 aliphatic heterocycles. The molecule has 0 fully saturated rings.